The molecule has 0 aromatic carbocycles. The molecular formula is C12H18O4. The summed E-state index contributed by atoms with van der Waals surface area (Å²) in [6, 6.07) is 0. The van der Waals surface area contributed by atoms with Crippen molar-refractivity contribution in [3.8, 4) is 0 Å². The van der Waals surface area contributed by atoms with Gasteiger partial charge in [-0.2, -0.15) is 0 Å². The van der Waals surface area contributed by atoms with Crippen molar-refractivity contribution in [3.63, 3.8) is 0 Å². The van der Waals surface area contributed by atoms with Gasteiger partial charge in [0.25, 0.3) is 0 Å². The first-order valence-corrected chi connectivity index (χ1v) is 5.24. The number of hydrogen-bond donors (Lipinski definition) is 2. The fourth-order valence-corrected chi connectivity index (χ4v) is 1.15. The first-order chi connectivity index (χ1) is 7.40. The monoisotopic (exact) mass is 226 g/mol. The number of unbranched alkanes of at least 4 members (excludes halogenated alkanes) is 1. The number of carbonyl (C=O) groups is 2. The Bertz CT molecular complexity index is 337. The highest BCUT2D eigenvalue weighted by molar-refractivity contribution is 5.90. The van der Waals surface area contributed by atoms with Crippen LogP contribution in [-0.2, 0) is 9.59 Å². The molecule has 0 unspecified atom stereocenters. The lowest BCUT2D eigenvalue weighted by atomic mass is 10.0. The van der Waals surface area contributed by atoms with E-state index in [-0.39, 0.29) is 11.1 Å². The van der Waals surface area contributed by atoms with Crippen LogP contribution in [0.1, 0.15) is 40.0 Å². The van der Waals surface area contributed by atoms with Crippen LogP contribution in [0.25, 0.3) is 0 Å². The van der Waals surface area contributed by atoms with Gasteiger partial charge in [0.1, 0.15) is 0 Å². The second kappa shape index (κ2) is 6.82. The second-order valence-electron chi connectivity index (χ2n) is 3.69. The summed E-state index contributed by atoms with van der Waals surface area (Å²) >= 11 is 0. The van der Waals surface area contributed by atoms with Gasteiger partial charge in [0.2, 0.25) is 0 Å². The minimum absolute atomic E-state index is 0.176. The van der Waals surface area contributed by atoms with Gasteiger partial charge >= 0.3 is 11.9 Å². The number of carboxylic acid groups (broad SMARTS) is 2. The molecular weight excluding hydrogens is 208 g/mol. The lowest BCUT2D eigenvalue weighted by Crippen LogP contribution is -2.03. The average Bonchev–Trinajstić information content (AvgIpc) is 2.21. The van der Waals surface area contributed by atoms with Crippen LogP contribution in [0.15, 0.2) is 22.8 Å². The van der Waals surface area contributed by atoms with Gasteiger partial charge in [0.05, 0.1) is 0 Å². The Hall–Kier alpha value is -1.58. The summed E-state index contributed by atoms with van der Waals surface area (Å²) in [5, 5.41) is 17.7. The Morgan fingerprint density at radius 1 is 1.12 bits per heavy atom. The third-order valence-electron chi connectivity index (χ3n) is 2.38. The molecule has 0 fully saturated rings. The van der Waals surface area contributed by atoms with Crippen LogP contribution in [0, 0.1) is 0 Å². The van der Waals surface area contributed by atoms with E-state index in [1.807, 2.05) is 6.92 Å². The fraction of sp³-hybridized carbons (Fsp3) is 0.500. The summed E-state index contributed by atoms with van der Waals surface area (Å²) in [7, 11) is 0. The second-order valence-corrected chi connectivity index (χ2v) is 3.69. The van der Waals surface area contributed by atoms with Crippen LogP contribution in [0.2, 0.25) is 0 Å². The predicted octanol–water partition coefficient (Wildman–Crippen LogP) is 2.61. The zero-order valence-corrected chi connectivity index (χ0v) is 9.91. The summed E-state index contributed by atoms with van der Waals surface area (Å²) in [5.74, 6) is -2.00. The van der Waals surface area contributed by atoms with Gasteiger partial charge in [-0.1, -0.05) is 13.3 Å². The molecule has 16 heavy (non-hydrogen) atoms. The van der Waals surface area contributed by atoms with Crippen molar-refractivity contribution in [1.29, 1.82) is 0 Å². The fourth-order valence-electron chi connectivity index (χ4n) is 1.15. The van der Waals surface area contributed by atoms with E-state index in [2.05, 4.69) is 0 Å². The first-order valence-electron chi connectivity index (χ1n) is 5.24. The van der Waals surface area contributed by atoms with E-state index in [1.165, 1.54) is 13.0 Å². The molecule has 0 amide bonds. The Morgan fingerprint density at radius 2 is 1.69 bits per heavy atom. The summed E-state index contributed by atoms with van der Waals surface area (Å²) in [4.78, 5) is 21.6. The van der Waals surface area contributed by atoms with Crippen molar-refractivity contribution in [2.75, 3.05) is 0 Å². The van der Waals surface area contributed by atoms with E-state index < -0.39 is 11.9 Å². The van der Waals surface area contributed by atoms with Crippen molar-refractivity contribution in [1.82, 2.24) is 0 Å². The van der Waals surface area contributed by atoms with E-state index in [0.717, 1.165) is 12.8 Å². The van der Waals surface area contributed by atoms with Crippen LogP contribution < -0.4 is 0 Å². The minimum atomic E-state index is -1.02. The Balaban J connectivity index is 4.99. The smallest absolute Gasteiger partial charge is 0.331 e. The van der Waals surface area contributed by atoms with E-state index >= 15 is 0 Å². The molecule has 0 rings (SSSR count). The third kappa shape index (κ3) is 4.77. The highest BCUT2D eigenvalue weighted by Gasteiger charge is 2.09. The lowest BCUT2D eigenvalue weighted by Gasteiger charge is -2.03. The van der Waals surface area contributed by atoms with Crippen molar-refractivity contribution >= 4 is 11.9 Å². The first kappa shape index (κ1) is 14.4. The normalized spacial score (nSPS) is 13.3. The zero-order valence-electron chi connectivity index (χ0n) is 9.91. The number of rotatable bonds is 6. The average molecular weight is 226 g/mol. The Morgan fingerprint density at radius 3 is 2.06 bits per heavy atom. The molecule has 0 saturated carbocycles. The molecule has 0 aromatic rings. The maximum atomic E-state index is 10.9. The van der Waals surface area contributed by atoms with Crippen molar-refractivity contribution in [3.05, 3.63) is 22.8 Å². The SMILES string of the molecule is CCCCC(=CC(C)=C(C)C(=O)O)C(=O)O. The molecule has 0 bridgehead atoms. The van der Waals surface area contributed by atoms with Gasteiger partial charge in [-0.05, 0) is 38.3 Å². The summed E-state index contributed by atoms with van der Waals surface area (Å²) in [5.41, 5.74) is 0.927. The predicted molar refractivity (Wildman–Crippen MR) is 61.3 cm³/mol. The lowest BCUT2D eigenvalue weighted by molar-refractivity contribution is -0.133. The van der Waals surface area contributed by atoms with Crippen molar-refractivity contribution < 1.29 is 19.8 Å². The zero-order chi connectivity index (χ0) is 12.7. The van der Waals surface area contributed by atoms with E-state index in [4.69, 9.17) is 10.2 Å². The van der Waals surface area contributed by atoms with Crippen LogP contribution in [-0.4, -0.2) is 22.2 Å². The van der Waals surface area contributed by atoms with Crippen LogP contribution >= 0.6 is 0 Å². The molecule has 0 saturated heterocycles. The van der Waals surface area contributed by atoms with Crippen molar-refractivity contribution in [2.24, 2.45) is 0 Å². The molecule has 0 aliphatic heterocycles. The third-order valence-corrected chi connectivity index (χ3v) is 2.38. The highest BCUT2D eigenvalue weighted by Crippen LogP contribution is 2.13. The summed E-state index contributed by atoms with van der Waals surface area (Å²) in [6.07, 6.45) is 3.61. The van der Waals surface area contributed by atoms with E-state index in [9.17, 15) is 9.59 Å². The van der Waals surface area contributed by atoms with E-state index in [0.29, 0.717) is 12.0 Å². The van der Waals surface area contributed by atoms with Gasteiger partial charge in [0.15, 0.2) is 0 Å². The molecule has 0 radical (unpaired) electrons. The van der Waals surface area contributed by atoms with Crippen LogP contribution in [0.3, 0.4) is 0 Å². The molecule has 90 valence electrons. The molecule has 0 aromatic heterocycles. The molecule has 4 heteroatoms. The largest absolute Gasteiger partial charge is 0.478 e. The van der Waals surface area contributed by atoms with Gasteiger partial charge < -0.3 is 10.2 Å². The number of carboxylic acids is 2. The van der Waals surface area contributed by atoms with Gasteiger partial charge in [-0.3, -0.25) is 0 Å². The maximum absolute atomic E-state index is 10.9. The van der Waals surface area contributed by atoms with Crippen LogP contribution in [0.5, 0.6) is 0 Å². The number of allylic oxidation sites excluding steroid dienone is 2. The van der Waals surface area contributed by atoms with E-state index in [1.54, 1.807) is 6.92 Å². The molecule has 0 heterocycles. The number of aliphatic carboxylic acids is 2. The van der Waals surface area contributed by atoms with Crippen molar-refractivity contribution in [2.45, 2.75) is 40.0 Å². The molecule has 2 N–H and O–H groups in total. The van der Waals surface area contributed by atoms with Crippen LogP contribution in [0.4, 0.5) is 0 Å². The molecule has 0 aliphatic carbocycles. The number of hydrogen-bond acceptors (Lipinski definition) is 2. The maximum Gasteiger partial charge on any atom is 0.331 e. The Kier molecular flexibility index (Phi) is 6.15. The summed E-state index contributed by atoms with van der Waals surface area (Å²) < 4.78 is 0. The molecule has 0 atom stereocenters. The standard InChI is InChI=1S/C12H18O4/c1-4-5-6-10(12(15)16)7-8(2)9(3)11(13)14/h7H,4-6H2,1-3H3,(H,13,14)(H,15,16). The van der Waals surface area contributed by atoms with Gasteiger partial charge in [-0.15, -0.1) is 0 Å². The molecule has 0 spiro atoms. The quantitative estimate of drug-likeness (QED) is 0.539. The summed E-state index contributed by atoms with van der Waals surface area (Å²) in [6.45, 7) is 5.05. The molecule has 4 nitrogen and oxygen atoms in total. The molecule has 0 aliphatic rings. The highest BCUT2D eigenvalue weighted by atomic mass is 16.4. The Labute approximate surface area is 95.3 Å². The van der Waals surface area contributed by atoms with Gasteiger partial charge in [-0.25, -0.2) is 9.59 Å². The van der Waals surface area contributed by atoms with Gasteiger partial charge in [0, 0.05) is 11.1 Å². The minimum Gasteiger partial charge on any atom is -0.478 e. The topological polar surface area (TPSA) is 74.6 Å².